The quantitative estimate of drug-likeness (QED) is 0.502. The minimum absolute atomic E-state index is 0.208. The Kier molecular flexibility index (Phi) is 6.55. The van der Waals surface area contributed by atoms with E-state index in [1.54, 1.807) is 40.9 Å². The molecule has 2 bridgehead atoms. The predicted octanol–water partition coefficient (Wildman–Crippen LogP) is 4.17. The third-order valence-corrected chi connectivity index (χ3v) is 10.3. The van der Waals surface area contributed by atoms with Gasteiger partial charge in [-0.15, -0.1) is 11.8 Å². The van der Waals surface area contributed by atoms with Crippen LogP contribution >= 0.6 is 23.4 Å². The Hall–Kier alpha value is -2.55. The molecule has 3 N–H and O–H groups in total. The minimum atomic E-state index is -0.829. The molecule has 3 aliphatic rings. The SMILES string of the molecule is CC[C@@H](CO)N1C(=O)[C@@H]2[C@@H](C(=O)Nc3ccccc3)[C@@]3(C)CCC2(S3)C1C(=O)Nc1ccccc1Cl. The van der Waals surface area contributed by atoms with Crippen molar-refractivity contribution in [2.75, 3.05) is 17.2 Å². The van der Waals surface area contributed by atoms with Crippen LogP contribution in [0.15, 0.2) is 54.6 Å². The zero-order valence-electron chi connectivity index (χ0n) is 20.2. The third kappa shape index (κ3) is 3.81. The molecule has 3 aliphatic heterocycles. The number of aliphatic hydroxyl groups is 1. The van der Waals surface area contributed by atoms with Gasteiger partial charge in [0.05, 0.1) is 39.9 Å². The summed E-state index contributed by atoms with van der Waals surface area (Å²) >= 11 is 7.91. The maximum absolute atomic E-state index is 14.1. The van der Waals surface area contributed by atoms with Gasteiger partial charge in [0.15, 0.2) is 0 Å². The maximum Gasteiger partial charge on any atom is 0.248 e. The summed E-state index contributed by atoms with van der Waals surface area (Å²) < 4.78 is -1.24. The number of amides is 3. The largest absolute Gasteiger partial charge is 0.394 e. The van der Waals surface area contributed by atoms with E-state index in [1.165, 1.54) is 0 Å². The average Bonchev–Trinajstić information content (AvgIpc) is 3.43. The van der Waals surface area contributed by atoms with Crippen LogP contribution in [0.2, 0.25) is 5.02 Å². The summed E-state index contributed by atoms with van der Waals surface area (Å²) in [5.74, 6) is -2.04. The number of para-hydroxylation sites is 2. The first-order valence-electron chi connectivity index (χ1n) is 12.3. The van der Waals surface area contributed by atoms with Crippen molar-refractivity contribution in [3.05, 3.63) is 59.6 Å². The zero-order valence-corrected chi connectivity index (χ0v) is 21.8. The topological polar surface area (TPSA) is 98.7 Å². The van der Waals surface area contributed by atoms with Gasteiger partial charge >= 0.3 is 0 Å². The maximum atomic E-state index is 14.1. The molecule has 3 saturated heterocycles. The van der Waals surface area contributed by atoms with Crippen LogP contribution in [0.25, 0.3) is 0 Å². The molecule has 5 rings (SSSR count). The number of nitrogens with one attached hydrogen (secondary N) is 2. The average molecular weight is 528 g/mol. The second-order valence-corrected chi connectivity index (χ2v) is 12.3. The molecular formula is C27H30ClN3O4S. The van der Waals surface area contributed by atoms with Crippen LogP contribution in [0, 0.1) is 11.8 Å². The molecule has 0 aromatic heterocycles. The highest BCUT2D eigenvalue weighted by molar-refractivity contribution is 8.02. The van der Waals surface area contributed by atoms with E-state index in [0.29, 0.717) is 35.7 Å². The van der Waals surface area contributed by atoms with Crippen LogP contribution in [0.3, 0.4) is 0 Å². The van der Waals surface area contributed by atoms with Gasteiger partial charge in [-0.1, -0.05) is 48.9 Å². The first kappa shape index (κ1) is 25.1. The zero-order chi connectivity index (χ0) is 25.7. The molecule has 0 aliphatic carbocycles. The lowest BCUT2D eigenvalue weighted by molar-refractivity contribution is -0.141. The number of fused-ring (bicyclic) bond motifs is 1. The molecule has 190 valence electrons. The number of aliphatic hydroxyl groups excluding tert-OH is 1. The predicted molar refractivity (Wildman–Crippen MR) is 142 cm³/mol. The molecule has 0 saturated carbocycles. The van der Waals surface area contributed by atoms with Gasteiger partial charge in [0.2, 0.25) is 17.7 Å². The van der Waals surface area contributed by atoms with Gasteiger partial charge in [-0.25, -0.2) is 0 Å². The summed E-state index contributed by atoms with van der Waals surface area (Å²) in [5.41, 5.74) is 1.14. The smallest absolute Gasteiger partial charge is 0.248 e. The van der Waals surface area contributed by atoms with E-state index < -0.39 is 33.4 Å². The number of anilines is 2. The highest BCUT2D eigenvalue weighted by Gasteiger charge is 2.77. The monoisotopic (exact) mass is 527 g/mol. The number of rotatable bonds is 7. The second-order valence-electron chi connectivity index (χ2n) is 10.0. The van der Waals surface area contributed by atoms with Gasteiger partial charge in [-0.2, -0.15) is 0 Å². The van der Waals surface area contributed by atoms with Crippen LogP contribution in [0.1, 0.15) is 33.1 Å². The van der Waals surface area contributed by atoms with Crippen LogP contribution in [0.5, 0.6) is 0 Å². The molecule has 1 spiro atoms. The summed E-state index contributed by atoms with van der Waals surface area (Å²) in [6.45, 7) is 3.65. The molecule has 3 heterocycles. The normalized spacial score (nSPS) is 31.3. The lowest BCUT2D eigenvalue weighted by Gasteiger charge is -2.36. The number of nitrogens with zero attached hydrogens (tertiary/aromatic N) is 1. The van der Waals surface area contributed by atoms with E-state index in [9.17, 15) is 19.5 Å². The van der Waals surface area contributed by atoms with E-state index in [4.69, 9.17) is 11.6 Å². The number of carbonyl (C=O) groups excluding carboxylic acids is 3. The molecule has 3 amide bonds. The molecule has 7 nitrogen and oxygen atoms in total. The Morgan fingerprint density at radius 1 is 1.11 bits per heavy atom. The van der Waals surface area contributed by atoms with Crippen molar-refractivity contribution in [2.45, 2.75) is 54.7 Å². The number of thioether (sulfide) groups is 1. The van der Waals surface area contributed by atoms with Crippen molar-refractivity contribution >= 4 is 52.5 Å². The van der Waals surface area contributed by atoms with Gasteiger partial charge in [0, 0.05) is 10.4 Å². The summed E-state index contributed by atoms with van der Waals surface area (Å²) in [4.78, 5) is 43.2. The van der Waals surface area contributed by atoms with Crippen molar-refractivity contribution in [3.8, 4) is 0 Å². The van der Waals surface area contributed by atoms with Crippen molar-refractivity contribution in [3.63, 3.8) is 0 Å². The highest BCUT2D eigenvalue weighted by Crippen LogP contribution is 2.71. The van der Waals surface area contributed by atoms with Gasteiger partial charge in [-0.05, 0) is 50.5 Å². The van der Waals surface area contributed by atoms with Gasteiger partial charge in [-0.3, -0.25) is 14.4 Å². The Bertz CT molecular complexity index is 1190. The first-order chi connectivity index (χ1) is 17.3. The number of hydrogen-bond acceptors (Lipinski definition) is 5. The number of hydrogen-bond donors (Lipinski definition) is 3. The third-order valence-electron chi connectivity index (χ3n) is 7.99. The molecule has 2 aromatic rings. The number of carbonyl (C=O) groups is 3. The Morgan fingerprint density at radius 3 is 2.47 bits per heavy atom. The molecule has 2 unspecified atom stereocenters. The molecule has 3 fully saturated rings. The minimum Gasteiger partial charge on any atom is -0.394 e. The fraction of sp³-hybridized carbons (Fsp3) is 0.444. The van der Waals surface area contributed by atoms with Crippen molar-refractivity contribution in [1.82, 2.24) is 4.90 Å². The standard InChI is InChI=1S/C27H30ClN3O4S/c1-3-17(15-32)31-22(24(34)30-19-12-8-7-11-18(19)28)27-14-13-26(2,36-27)20(21(27)25(31)35)23(33)29-16-9-5-4-6-10-16/h4-12,17,20-22,32H,3,13-15H2,1-2H3,(H,29,33)(H,30,34)/t17-,20-,21-,22?,26+,27?/m0/s1. The van der Waals surface area contributed by atoms with E-state index in [1.807, 2.05) is 44.2 Å². The fourth-order valence-electron chi connectivity index (χ4n) is 6.38. The van der Waals surface area contributed by atoms with Crippen LogP contribution in [-0.4, -0.2) is 55.9 Å². The summed E-state index contributed by atoms with van der Waals surface area (Å²) in [6.07, 6.45) is 1.84. The Labute approximate surface area is 220 Å². The Morgan fingerprint density at radius 2 is 1.81 bits per heavy atom. The van der Waals surface area contributed by atoms with Crippen LogP contribution in [0.4, 0.5) is 11.4 Å². The van der Waals surface area contributed by atoms with Crippen molar-refractivity contribution in [1.29, 1.82) is 0 Å². The summed E-state index contributed by atoms with van der Waals surface area (Å²) in [6, 6.07) is 14.8. The lowest BCUT2D eigenvalue weighted by atomic mass is 9.66. The highest BCUT2D eigenvalue weighted by atomic mass is 35.5. The van der Waals surface area contributed by atoms with Crippen molar-refractivity contribution < 1.29 is 19.5 Å². The molecular weight excluding hydrogens is 498 g/mol. The van der Waals surface area contributed by atoms with Crippen LogP contribution < -0.4 is 10.6 Å². The number of benzene rings is 2. The number of halogens is 1. The van der Waals surface area contributed by atoms with Gasteiger partial charge < -0.3 is 20.6 Å². The van der Waals surface area contributed by atoms with Crippen molar-refractivity contribution in [2.24, 2.45) is 11.8 Å². The van der Waals surface area contributed by atoms with E-state index >= 15 is 0 Å². The number of likely N-dealkylation sites (tertiary alicyclic amines) is 1. The van der Waals surface area contributed by atoms with E-state index in [2.05, 4.69) is 10.6 Å². The summed E-state index contributed by atoms with van der Waals surface area (Å²) in [7, 11) is 0. The molecule has 36 heavy (non-hydrogen) atoms. The summed E-state index contributed by atoms with van der Waals surface area (Å²) in [5, 5.41) is 16.5. The van der Waals surface area contributed by atoms with Gasteiger partial charge in [0.1, 0.15) is 6.04 Å². The molecule has 2 aromatic carbocycles. The van der Waals surface area contributed by atoms with E-state index in [0.717, 1.165) is 0 Å². The molecule has 6 atom stereocenters. The van der Waals surface area contributed by atoms with Gasteiger partial charge in [0.25, 0.3) is 0 Å². The molecule has 9 heteroatoms. The van der Waals surface area contributed by atoms with E-state index in [-0.39, 0.29) is 24.3 Å². The van der Waals surface area contributed by atoms with Crippen LogP contribution in [-0.2, 0) is 14.4 Å². The lowest BCUT2D eigenvalue weighted by Crippen LogP contribution is -2.54. The fourth-order valence-corrected chi connectivity index (χ4v) is 8.90. The molecule has 0 radical (unpaired) electrons. The second kappa shape index (κ2) is 9.39. The first-order valence-corrected chi connectivity index (χ1v) is 13.5. The Balaban J connectivity index is 1.54.